The lowest BCUT2D eigenvalue weighted by molar-refractivity contribution is -0.128. The molecule has 3 rings (SSSR count). The van der Waals surface area contributed by atoms with Crippen molar-refractivity contribution < 1.29 is 18.8 Å². The van der Waals surface area contributed by atoms with Crippen LogP contribution in [0.4, 0.5) is 4.39 Å². The zero-order valence-electron chi connectivity index (χ0n) is 19.1. The van der Waals surface area contributed by atoms with Crippen LogP contribution in [0.2, 0.25) is 0 Å². The van der Waals surface area contributed by atoms with Gasteiger partial charge in [0, 0.05) is 23.4 Å². The molecule has 0 aliphatic carbocycles. The number of carbonyl (C=O) groups is 3. The van der Waals surface area contributed by atoms with E-state index in [0.29, 0.717) is 24.9 Å². The monoisotopic (exact) mass is 455 g/mol. The number of nitriles is 1. The number of aromatic amines is 1. The molecular weight excluding hydrogens is 425 g/mol. The van der Waals surface area contributed by atoms with E-state index in [1.54, 1.807) is 12.1 Å². The van der Waals surface area contributed by atoms with Crippen molar-refractivity contribution in [3.05, 3.63) is 35.8 Å². The number of aromatic nitrogens is 1. The minimum Gasteiger partial charge on any atom is -0.356 e. The van der Waals surface area contributed by atoms with Crippen LogP contribution >= 0.6 is 0 Å². The summed E-state index contributed by atoms with van der Waals surface area (Å²) in [5.74, 6) is -1.93. The summed E-state index contributed by atoms with van der Waals surface area (Å²) in [5.41, 5.74) is 0.317. The summed E-state index contributed by atoms with van der Waals surface area (Å²) < 4.78 is 14.0. The molecule has 0 spiro atoms. The second-order valence-electron chi connectivity index (χ2n) is 9.73. The van der Waals surface area contributed by atoms with E-state index >= 15 is 0 Å². The number of hydrogen-bond donors (Lipinski definition) is 4. The quantitative estimate of drug-likeness (QED) is 0.512. The lowest BCUT2D eigenvalue weighted by Gasteiger charge is -2.28. The van der Waals surface area contributed by atoms with E-state index in [9.17, 15) is 24.0 Å². The van der Waals surface area contributed by atoms with Crippen LogP contribution in [0.25, 0.3) is 10.9 Å². The summed E-state index contributed by atoms with van der Waals surface area (Å²) in [5, 5.41) is 18.0. The standard InChI is InChI=1S/C24H30FN5O3/c1-24(2,3)12-20(23(33)28-15(13-26)10-14-6-5-9-27-21(14)31)30-22(32)19-11-16-17(25)7-4-8-18(16)29-19/h4,7-8,11,14-15,20,29H,5-6,9-10,12H2,1-3H3,(H,27,31)(H,28,33)(H,30,32). The lowest BCUT2D eigenvalue weighted by atomic mass is 9.87. The maximum Gasteiger partial charge on any atom is 0.268 e. The molecule has 3 unspecified atom stereocenters. The Balaban J connectivity index is 1.72. The maximum absolute atomic E-state index is 14.0. The van der Waals surface area contributed by atoms with E-state index in [2.05, 4.69) is 27.0 Å². The summed E-state index contributed by atoms with van der Waals surface area (Å²) >= 11 is 0. The highest BCUT2D eigenvalue weighted by Crippen LogP contribution is 2.23. The third kappa shape index (κ3) is 6.31. The molecule has 1 fully saturated rings. The van der Waals surface area contributed by atoms with Gasteiger partial charge in [0.2, 0.25) is 11.8 Å². The van der Waals surface area contributed by atoms with Gasteiger partial charge in [-0.3, -0.25) is 14.4 Å². The fraction of sp³-hybridized carbons (Fsp3) is 0.500. The van der Waals surface area contributed by atoms with Gasteiger partial charge < -0.3 is 20.9 Å². The third-order valence-electron chi connectivity index (χ3n) is 5.69. The molecule has 0 bridgehead atoms. The Morgan fingerprint density at radius 2 is 2.06 bits per heavy atom. The van der Waals surface area contributed by atoms with E-state index < -0.39 is 29.7 Å². The number of amides is 3. The third-order valence-corrected chi connectivity index (χ3v) is 5.69. The molecule has 3 atom stereocenters. The van der Waals surface area contributed by atoms with E-state index in [4.69, 9.17) is 0 Å². The van der Waals surface area contributed by atoms with Crippen LogP contribution in [0, 0.1) is 28.5 Å². The number of piperidine rings is 1. The van der Waals surface area contributed by atoms with Gasteiger partial charge in [-0.05, 0) is 49.3 Å². The summed E-state index contributed by atoms with van der Waals surface area (Å²) in [7, 11) is 0. The van der Waals surface area contributed by atoms with Crippen molar-refractivity contribution in [3.8, 4) is 6.07 Å². The highest BCUT2D eigenvalue weighted by atomic mass is 19.1. The molecule has 33 heavy (non-hydrogen) atoms. The molecule has 4 N–H and O–H groups in total. The first-order chi connectivity index (χ1) is 15.6. The molecule has 1 aliphatic rings. The zero-order valence-corrected chi connectivity index (χ0v) is 19.1. The fourth-order valence-corrected chi connectivity index (χ4v) is 4.06. The molecule has 9 heteroatoms. The fourth-order valence-electron chi connectivity index (χ4n) is 4.06. The van der Waals surface area contributed by atoms with Gasteiger partial charge in [0.25, 0.3) is 5.91 Å². The Morgan fingerprint density at radius 1 is 1.30 bits per heavy atom. The Hall–Kier alpha value is -3.41. The predicted octanol–water partition coefficient (Wildman–Crippen LogP) is 2.77. The van der Waals surface area contributed by atoms with E-state index in [1.807, 2.05) is 20.8 Å². The molecule has 1 aromatic heterocycles. The van der Waals surface area contributed by atoms with Crippen molar-refractivity contribution in [1.29, 1.82) is 5.26 Å². The first-order valence-corrected chi connectivity index (χ1v) is 11.1. The minimum absolute atomic E-state index is 0.110. The Morgan fingerprint density at radius 3 is 2.70 bits per heavy atom. The van der Waals surface area contributed by atoms with Crippen LogP contribution in [0.1, 0.15) is 56.9 Å². The highest BCUT2D eigenvalue weighted by molar-refractivity contribution is 6.00. The van der Waals surface area contributed by atoms with Crippen molar-refractivity contribution in [3.63, 3.8) is 0 Å². The number of nitrogens with zero attached hydrogens (tertiary/aromatic N) is 1. The molecule has 0 saturated carbocycles. The number of benzene rings is 1. The number of hydrogen-bond acceptors (Lipinski definition) is 4. The summed E-state index contributed by atoms with van der Waals surface area (Å²) in [4.78, 5) is 40.8. The number of fused-ring (bicyclic) bond motifs is 1. The van der Waals surface area contributed by atoms with Crippen molar-refractivity contribution in [2.45, 2.75) is 58.5 Å². The van der Waals surface area contributed by atoms with Crippen molar-refractivity contribution in [2.24, 2.45) is 11.3 Å². The summed E-state index contributed by atoms with van der Waals surface area (Å²) in [6.07, 6.45) is 2.03. The SMILES string of the molecule is CC(C)(C)CC(NC(=O)c1cc2c(F)cccc2[nH]1)C(=O)NC(C#N)CC1CCCNC1=O. The molecule has 176 valence electrons. The molecule has 3 amide bonds. The van der Waals surface area contributed by atoms with Crippen molar-refractivity contribution >= 4 is 28.6 Å². The number of H-pyrrole nitrogens is 1. The Bertz CT molecular complexity index is 1080. The van der Waals surface area contributed by atoms with E-state index in [0.717, 1.165) is 6.42 Å². The van der Waals surface area contributed by atoms with Gasteiger partial charge in [-0.2, -0.15) is 5.26 Å². The van der Waals surface area contributed by atoms with Crippen molar-refractivity contribution in [1.82, 2.24) is 20.9 Å². The van der Waals surface area contributed by atoms with Crippen LogP contribution in [-0.2, 0) is 9.59 Å². The van der Waals surface area contributed by atoms with Crippen molar-refractivity contribution in [2.75, 3.05) is 6.54 Å². The topological polar surface area (TPSA) is 127 Å². The van der Waals surface area contributed by atoms with Gasteiger partial charge >= 0.3 is 0 Å². The van der Waals surface area contributed by atoms with E-state index in [-0.39, 0.29) is 34.7 Å². The van der Waals surface area contributed by atoms with Crippen LogP contribution in [0.3, 0.4) is 0 Å². The molecule has 1 aliphatic heterocycles. The van der Waals surface area contributed by atoms with Gasteiger partial charge in [0.15, 0.2) is 0 Å². The average molecular weight is 456 g/mol. The van der Waals surface area contributed by atoms with Crippen LogP contribution in [0.15, 0.2) is 24.3 Å². The molecule has 8 nitrogen and oxygen atoms in total. The number of carbonyl (C=O) groups excluding carboxylic acids is 3. The molecule has 1 aromatic carbocycles. The maximum atomic E-state index is 14.0. The summed E-state index contributed by atoms with van der Waals surface area (Å²) in [6, 6.07) is 6.21. The lowest BCUT2D eigenvalue weighted by Crippen LogP contribution is -2.51. The average Bonchev–Trinajstić information content (AvgIpc) is 3.19. The predicted molar refractivity (Wildman–Crippen MR) is 121 cm³/mol. The second-order valence-corrected chi connectivity index (χ2v) is 9.73. The Labute approximate surface area is 192 Å². The zero-order chi connectivity index (χ0) is 24.2. The largest absolute Gasteiger partial charge is 0.356 e. The number of halogens is 1. The van der Waals surface area contributed by atoms with Gasteiger partial charge in [-0.15, -0.1) is 0 Å². The van der Waals surface area contributed by atoms with Crippen LogP contribution in [0.5, 0.6) is 0 Å². The smallest absolute Gasteiger partial charge is 0.268 e. The number of rotatable bonds is 7. The molecule has 2 aromatic rings. The molecule has 2 heterocycles. The summed E-state index contributed by atoms with van der Waals surface area (Å²) in [6.45, 7) is 6.43. The van der Waals surface area contributed by atoms with Gasteiger partial charge in [0.05, 0.1) is 6.07 Å². The normalized spacial score (nSPS) is 18.2. The number of nitrogens with one attached hydrogen (secondary N) is 4. The first kappa shape index (κ1) is 24.2. The van der Waals surface area contributed by atoms with E-state index in [1.165, 1.54) is 12.1 Å². The first-order valence-electron chi connectivity index (χ1n) is 11.1. The molecule has 0 radical (unpaired) electrons. The van der Waals surface area contributed by atoms with Crippen LogP contribution < -0.4 is 16.0 Å². The molecular formula is C24H30FN5O3. The van der Waals surface area contributed by atoms with Crippen LogP contribution in [-0.4, -0.2) is 41.3 Å². The van der Waals surface area contributed by atoms with Gasteiger partial charge in [-0.25, -0.2) is 4.39 Å². The highest BCUT2D eigenvalue weighted by Gasteiger charge is 2.31. The second kappa shape index (κ2) is 10.0. The molecule has 1 saturated heterocycles. The Kier molecular flexibility index (Phi) is 7.36. The minimum atomic E-state index is -0.912. The van der Waals surface area contributed by atoms with Gasteiger partial charge in [-0.1, -0.05) is 26.8 Å². The van der Waals surface area contributed by atoms with Gasteiger partial charge in [0.1, 0.15) is 23.6 Å².